The molecule has 1 unspecified atom stereocenters. The summed E-state index contributed by atoms with van der Waals surface area (Å²) in [5.41, 5.74) is 0.717. The predicted molar refractivity (Wildman–Crippen MR) is 55.9 cm³/mol. The molecule has 2 saturated heterocycles. The number of rotatable bonds is 2. The van der Waals surface area contributed by atoms with Crippen molar-refractivity contribution in [3.8, 4) is 0 Å². The number of piperidine rings is 1. The highest BCUT2D eigenvalue weighted by molar-refractivity contribution is 4.98. The Morgan fingerprint density at radius 2 is 1.92 bits per heavy atom. The number of likely N-dealkylation sites (tertiary alicyclic amines) is 1. The van der Waals surface area contributed by atoms with Gasteiger partial charge < -0.3 is 5.32 Å². The third-order valence-electron chi connectivity index (χ3n) is 3.96. The molecule has 76 valence electrons. The molecule has 2 aliphatic rings. The van der Waals surface area contributed by atoms with Gasteiger partial charge in [0.05, 0.1) is 0 Å². The topological polar surface area (TPSA) is 15.3 Å². The van der Waals surface area contributed by atoms with Gasteiger partial charge in [0.2, 0.25) is 0 Å². The summed E-state index contributed by atoms with van der Waals surface area (Å²) in [5, 5.41) is 3.45. The summed E-state index contributed by atoms with van der Waals surface area (Å²) in [6, 6.07) is 0.806. The Hall–Kier alpha value is -0.0800. The lowest BCUT2D eigenvalue weighted by molar-refractivity contribution is -0.0468. The van der Waals surface area contributed by atoms with Crippen LogP contribution in [0.3, 0.4) is 0 Å². The molecule has 1 atom stereocenters. The van der Waals surface area contributed by atoms with E-state index in [9.17, 15) is 0 Å². The molecule has 0 aromatic carbocycles. The first-order chi connectivity index (χ1) is 6.26. The van der Waals surface area contributed by atoms with Crippen LogP contribution in [0.1, 0.15) is 33.1 Å². The van der Waals surface area contributed by atoms with Crippen molar-refractivity contribution in [3.05, 3.63) is 0 Å². The summed E-state index contributed by atoms with van der Waals surface area (Å²) in [4.78, 5) is 2.64. The van der Waals surface area contributed by atoms with Crippen LogP contribution in [0, 0.1) is 5.41 Å². The minimum atomic E-state index is 0.717. The Balaban J connectivity index is 1.81. The molecule has 13 heavy (non-hydrogen) atoms. The van der Waals surface area contributed by atoms with Gasteiger partial charge in [0.15, 0.2) is 0 Å². The molecule has 0 radical (unpaired) electrons. The monoisotopic (exact) mass is 182 g/mol. The molecule has 2 heterocycles. The maximum atomic E-state index is 3.45. The molecule has 1 spiro atoms. The zero-order chi connectivity index (χ0) is 9.31. The summed E-state index contributed by atoms with van der Waals surface area (Å²) < 4.78 is 0. The molecule has 2 fully saturated rings. The minimum absolute atomic E-state index is 0.717. The van der Waals surface area contributed by atoms with Crippen LogP contribution in [0.25, 0.3) is 0 Å². The van der Waals surface area contributed by atoms with E-state index in [2.05, 4.69) is 24.1 Å². The van der Waals surface area contributed by atoms with Crippen LogP contribution in [-0.4, -0.2) is 37.1 Å². The molecule has 0 saturated carbocycles. The van der Waals surface area contributed by atoms with Crippen LogP contribution in [0.15, 0.2) is 0 Å². The second-order valence-corrected chi connectivity index (χ2v) is 4.91. The maximum Gasteiger partial charge on any atom is 0.00647 e. The highest BCUT2D eigenvalue weighted by atomic mass is 15.2. The van der Waals surface area contributed by atoms with E-state index in [4.69, 9.17) is 0 Å². The van der Waals surface area contributed by atoms with Crippen LogP contribution >= 0.6 is 0 Å². The second kappa shape index (κ2) is 3.58. The van der Waals surface area contributed by atoms with Crippen LogP contribution < -0.4 is 5.32 Å². The van der Waals surface area contributed by atoms with E-state index in [1.807, 2.05) is 0 Å². The zero-order valence-corrected chi connectivity index (χ0v) is 8.97. The van der Waals surface area contributed by atoms with Gasteiger partial charge in [-0.1, -0.05) is 6.92 Å². The van der Waals surface area contributed by atoms with Crippen molar-refractivity contribution in [3.63, 3.8) is 0 Å². The fourth-order valence-electron chi connectivity index (χ4n) is 2.66. The van der Waals surface area contributed by atoms with Crippen molar-refractivity contribution in [2.75, 3.05) is 26.2 Å². The molecule has 0 bridgehead atoms. The number of hydrogen-bond acceptors (Lipinski definition) is 2. The maximum absolute atomic E-state index is 3.45. The van der Waals surface area contributed by atoms with E-state index in [0.29, 0.717) is 5.41 Å². The smallest absolute Gasteiger partial charge is 0.00647 e. The third kappa shape index (κ3) is 1.75. The van der Waals surface area contributed by atoms with Crippen molar-refractivity contribution in [1.82, 2.24) is 10.2 Å². The summed E-state index contributed by atoms with van der Waals surface area (Å²) in [6.07, 6.45) is 4.11. The fraction of sp³-hybridized carbons (Fsp3) is 1.00. The van der Waals surface area contributed by atoms with Crippen molar-refractivity contribution < 1.29 is 0 Å². The van der Waals surface area contributed by atoms with Gasteiger partial charge in [0, 0.05) is 19.1 Å². The second-order valence-electron chi connectivity index (χ2n) is 4.91. The number of nitrogens with one attached hydrogen (secondary N) is 1. The van der Waals surface area contributed by atoms with Gasteiger partial charge in [0.25, 0.3) is 0 Å². The molecular formula is C11H22N2. The number of hydrogen-bond donors (Lipinski definition) is 1. The fourth-order valence-corrected chi connectivity index (χ4v) is 2.66. The molecule has 0 aromatic rings. The molecule has 1 N–H and O–H groups in total. The van der Waals surface area contributed by atoms with Gasteiger partial charge in [-0.05, 0) is 44.7 Å². The average Bonchev–Trinajstić information content (AvgIpc) is 2.14. The van der Waals surface area contributed by atoms with Crippen molar-refractivity contribution >= 4 is 0 Å². The Morgan fingerprint density at radius 1 is 1.31 bits per heavy atom. The quantitative estimate of drug-likeness (QED) is 0.695. The Kier molecular flexibility index (Phi) is 2.61. The van der Waals surface area contributed by atoms with Crippen LogP contribution in [0.4, 0.5) is 0 Å². The summed E-state index contributed by atoms with van der Waals surface area (Å²) in [5.74, 6) is 0. The van der Waals surface area contributed by atoms with Crippen LogP contribution in [0.5, 0.6) is 0 Å². The van der Waals surface area contributed by atoms with E-state index >= 15 is 0 Å². The molecule has 2 nitrogen and oxygen atoms in total. The van der Waals surface area contributed by atoms with Crippen molar-refractivity contribution in [1.29, 1.82) is 0 Å². The van der Waals surface area contributed by atoms with Crippen LogP contribution in [-0.2, 0) is 0 Å². The SMILES string of the molecule is CCC(C)N1CC2(CCNCC2)C1. The normalized spacial score (nSPS) is 30.0. The van der Waals surface area contributed by atoms with Crippen molar-refractivity contribution in [2.45, 2.75) is 39.2 Å². The molecule has 0 amide bonds. The molecule has 0 aliphatic carbocycles. The van der Waals surface area contributed by atoms with E-state index in [1.54, 1.807) is 0 Å². The highest BCUT2D eigenvalue weighted by Crippen LogP contribution is 2.39. The first-order valence-corrected chi connectivity index (χ1v) is 5.70. The van der Waals surface area contributed by atoms with Gasteiger partial charge in [0.1, 0.15) is 0 Å². The lowest BCUT2D eigenvalue weighted by Gasteiger charge is -2.54. The molecule has 2 rings (SSSR count). The van der Waals surface area contributed by atoms with E-state index in [1.165, 1.54) is 45.4 Å². The highest BCUT2D eigenvalue weighted by Gasteiger charge is 2.44. The summed E-state index contributed by atoms with van der Waals surface area (Å²) >= 11 is 0. The van der Waals surface area contributed by atoms with Crippen molar-refractivity contribution in [2.24, 2.45) is 5.41 Å². The van der Waals surface area contributed by atoms with Crippen LogP contribution in [0.2, 0.25) is 0 Å². The predicted octanol–water partition coefficient (Wildman–Crippen LogP) is 1.47. The van der Waals surface area contributed by atoms with E-state index in [-0.39, 0.29) is 0 Å². The Morgan fingerprint density at radius 3 is 2.46 bits per heavy atom. The lowest BCUT2D eigenvalue weighted by Crippen LogP contribution is -2.62. The molecule has 2 aliphatic heterocycles. The van der Waals surface area contributed by atoms with Gasteiger partial charge in [-0.2, -0.15) is 0 Å². The first-order valence-electron chi connectivity index (χ1n) is 5.70. The van der Waals surface area contributed by atoms with Gasteiger partial charge >= 0.3 is 0 Å². The van der Waals surface area contributed by atoms with E-state index in [0.717, 1.165) is 6.04 Å². The summed E-state index contributed by atoms with van der Waals surface area (Å²) in [6.45, 7) is 9.86. The molecule has 0 aromatic heterocycles. The van der Waals surface area contributed by atoms with Gasteiger partial charge in [-0.15, -0.1) is 0 Å². The Bertz CT molecular complexity index is 165. The first kappa shape index (κ1) is 9.47. The van der Waals surface area contributed by atoms with Gasteiger partial charge in [-0.25, -0.2) is 0 Å². The number of nitrogens with zero attached hydrogens (tertiary/aromatic N) is 1. The zero-order valence-electron chi connectivity index (χ0n) is 8.97. The molecular weight excluding hydrogens is 160 g/mol. The summed E-state index contributed by atoms with van der Waals surface area (Å²) in [7, 11) is 0. The largest absolute Gasteiger partial charge is 0.317 e. The van der Waals surface area contributed by atoms with E-state index < -0.39 is 0 Å². The minimum Gasteiger partial charge on any atom is -0.317 e. The Labute approximate surface area is 81.7 Å². The standard InChI is InChI=1S/C11H22N2/c1-3-10(2)13-8-11(9-13)4-6-12-7-5-11/h10,12H,3-9H2,1-2H3. The average molecular weight is 182 g/mol. The lowest BCUT2D eigenvalue weighted by atomic mass is 9.72. The molecule has 2 heteroatoms. The van der Waals surface area contributed by atoms with Gasteiger partial charge in [-0.3, -0.25) is 4.90 Å². The third-order valence-corrected chi connectivity index (χ3v) is 3.96.